The first-order valence-corrected chi connectivity index (χ1v) is 8.75. The summed E-state index contributed by atoms with van der Waals surface area (Å²) in [6.07, 6.45) is 4.41. The predicted octanol–water partition coefficient (Wildman–Crippen LogP) is 2.65. The van der Waals surface area contributed by atoms with Gasteiger partial charge in [0.05, 0.1) is 12.4 Å². The molecule has 0 saturated heterocycles. The molecule has 1 saturated carbocycles. The number of aliphatic hydroxyl groups excluding tert-OH is 1. The fourth-order valence-corrected chi connectivity index (χ4v) is 4.19. The summed E-state index contributed by atoms with van der Waals surface area (Å²) in [5.41, 5.74) is -0.0475. The summed E-state index contributed by atoms with van der Waals surface area (Å²) in [7, 11) is 0. The summed E-state index contributed by atoms with van der Waals surface area (Å²) in [4.78, 5) is 13.1. The van der Waals surface area contributed by atoms with Crippen LogP contribution in [0, 0.1) is 5.41 Å². The lowest BCUT2D eigenvalue weighted by Crippen LogP contribution is -2.39. The average molecular weight is 299 g/mol. The fraction of sp³-hybridized carbons (Fsp3) is 0.643. The highest BCUT2D eigenvalue weighted by molar-refractivity contribution is 7.99. The molecule has 19 heavy (non-hydrogen) atoms. The van der Waals surface area contributed by atoms with Gasteiger partial charge in [0.1, 0.15) is 0 Å². The zero-order chi connectivity index (χ0) is 13.6. The van der Waals surface area contributed by atoms with Crippen LogP contribution in [0.25, 0.3) is 0 Å². The van der Waals surface area contributed by atoms with Crippen molar-refractivity contribution in [2.75, 3.05) is 18.9 Å². The Kier molecular flexibility index (Phi) is 5.73. The van der Waals surface area contributed by atoms with Gasteiger partial charge in [-0.15, -0.1) is 23.1 Å². The molecule has 0 radical (unpaired) electrons. The molecule has 1 fully saturated rings. The first-order chi connectivity index (χ1) is 9.24. The van der Waals surface area contributed by atoms with Gasteiger partial charge < -0.3 is 10.4 Å². The smallest absolute Gasteiger partial charge is 0.230 e. The minimum absolute atomic E-state index is 0.0475. The minimum Gasteiger partial charge on any atom is -0.396 e. The SMILES string of the molecule is O=C(CSCc1cccs1)NCC1(CO)CCCC1. The van der Waals surface area contributed by atoms with E-state index in [2.05, 4.69) is 16.8 Å². The van der Waals surface area contributed by atoms with Gasteiger partial charge in [-0.05, 0) is 24.3 Å². The van der Waals surface area contributed by atoms with Gasteiger partial charge in [-0.1, -0.05) is 18.9 Å². The van der Waals surface area contributed by atoms with Crippen molar-refractivity contribution in [2.24, 2.45) is 5.41 Å². The van der Waals surface area contributed by atoms with Crippen LogP contribution in [0.5, 0.6) is 0 Å². The van der Waals surface area contributed by atoms with Crippen molar-refractivity contribution in [3.8, 4) is 0 Å². The standard InChI is InChI=1S/C14H21NO2S2/c16-11-14(5-1-2-6-14)10-15-13(17)9-18-8-12-4-3-7-19-12/h3-4,7,16H,1-2,5-6,8-11H2,(H,15,17). The molecule has 0 aliphatic heterocycles. The molecular formula is C14H21NO2S2. The van der Waals surface area contributed by atoms with Crippen molar-refractivity contribution in [3.05, 3.63) is 22.4 Å². The molecule has 1 aliphatic carbocycles. The van der Waals surface area contributed by atoms with E-state index >= 15 is 0 Å². The molecule has 106 valence electrons. The number of amides is 1. The van der Waals surface area contributed by atoms with Gasteiger partial charge >= 0.3 is 0 Å². The Labute approximate surface area is 122 Å². The first-order valence-electron chi connectivity index (χ1n) is 6.72. The molecule has 0 aromatic carbocycles. The molecule has 1 aromatic heterocycles. The summed E-state index contributed by atoms with van der Waals surface area (Å²) in [5, 5.41) is 14.5. The third-order valence-corrected chi connectivity index (χ3v) is 5.76. The second-order valence-corrected chi connectivity index (χ2v) is 7.23. The molecule has 2 N–H and O–H groups in total. The van der Waals surface area contributed by atoms with Crippen LogP contribution >= 0.6 is 23.1 Å². The minimum atomic E-state index is -0.0475. The summed E-state index contributed by atoms with van der Waals surface area (Å²) >= 11 is 3.37. The lowest BCUT2D eigenvalue weighted by Gasteiger charge is -2.26. The molecule has 0 spiro atoms. The highest BCUT2D eigenvalue weighted by Gasteiger charge is 2.33. The molecular weight excluding hydrogens is 278 g/mol. The molecule has 1 heterocycles. The Morgan fingerprint density at radius 1 is 1.47 bits per heavy atom. The van der Waals surface area contributed by atoms with Crippen molar-refractivity contribution in [2.45, 2.75) is 31.4 Å². The number of carbonyl (C=O) groups is 1. The van der Waals surface area contributed by atoms with E-state index in [0.29, 0.717) is 12.3 Å². The monoisotopic (exact) mass is 299 g/mol. The van der Waals surface area contributed by atoms with Crippen LogP contribution in [-0.2, 0) is 10.5 Å². The van der Waals surface area contributed by atoms with Gasteiger partial charge in [-0.25, -0.2) is 0 Å². The molecule has 3 nitrogen and oxygen atoms in total. The van der Waals surface area contributed by atoms with E-state index in [1.165, 1.54) is 17.7 Å². The zero-order valence-corrected chi connectivity index (χ0v) is 12.7. The average Bonchev–Trinajstić information content (AvgIpc) is 3.08. The van der Waals surface area contributed by atoms with Crippen molar-refractivity contribution in [1.29, 1.82) is 0 Å². The van der Waals surface area contributed by atoms with Crippen molar-refractivity contribution in [3.63, 3.8) is 0 Å². The quantitative estimate of drug-likeness (QED) is 0.814. The third-order valence-electron chi connectivity index (χ3n) is 3.72. The molecule has 0 bridgehead atoms. The number of rotatable bonds is 7. The van der Waals surface area contributed by atoms with Crippen molar-refractivity contribution >= 4 is 29.0 Å². The van der Waals surface area contributed by atoms with Crippen LogP contribution in [0.1, 0.15) is 30.6 Å². The van der Waals surface area contributed by atoms with Gasteiger partial charge in [0.25, 0.3) is 0 Å². The number of aliphatic hydroxyl groups is 1. The van der Waals surface area contributed by atoms with E-state index in [9.17, 15) is 9.90 Å². The Morgan fingerprint density at radius 2 is 2.26 bits per heavy atom. The number of thioether (sulfide) groups is 1. The van der Waals surface area contributed by atoms with Crippen LogP contribution in [0.4, 0.5) is 0 Å². The summed E-state index contributed by atoms with van der Waals surface area (Å²) in [6, 6.07) is 4.13. The summed E-state index contributed by atoms with van der Waals surface area (Å²) < 4.78 is 0. The number of hydrogen-bond donors (Lipinski definition) is 2. The van der Waals surface area contributed by atoms with Gasteiger partial charge in [0.15, 0.2) is 0 Å². The molecule has 1 aromatic rings. The molecule has 1 aliphatic rings. The van der Waals surface area contributed by atoms with Crippen LogP contribution in [-0.4, -0.2) is 29.9 Å². The largest absolute Gasteiger partial charge is 0.396 e. The number of nitrogens with one attached hydrogen (secondary N) is 1. The van der Waals surface area contributed by atoms with E-state index in [-0.39, 0.29) is 17.9 Å². The van der Waals surface area contributed by atoms with Crippen molar-refractivity contribution in [1.82, 2.24) is 5.32 Å². The van der Waals surface area contributed by atoms with Gasteiger partial charge in [-0.3, -0.25) is 4.79 Å². The molecule has 1 amide bonds. The van der Waals surface area contributed by atoms with Crippen LogP contribution in [0.15, 0.2) is 17.5 Å². The van der Waals surface area contributed by atoms with Crippen molar-refractivity contribution < 1.29 is 9.90 Å². The van der Waals surface area contributed by atoms with Gasteiger partial charge in [-0.2, -0.15) is 0 Å². The topological polar surface area (TPSA) is 49.3 Å². The third kappa shape index (κ3) is 4.51. The van der Waals surface area contributed by atoms with Crippen LogP contribution in [0.2, 0.25) is 0 Å². The highest BCUT2D eigenvalue weighted by Crippen LogP contribution is 2.36. The zero-order valence-electron chi connectivity index (χ0n) is 11.1. The lowest BCUT2D eigenvalue weighted by atomic mass is 9.87. The van der Waals surface area contributed by atoms with Crippen LogP contribution < -0.4 is 5.32 Å². The highest BCUT2D eigenvalue weighted by atomic mass is 32.2. The predicted molar refractivity (Wildman–Crippen MR) is 81.5 cm³/mol. The Bertz CT molecular complexity index is 386. The van der Waals surface area contributed by atoms with Gasteiger partial charge in [0, 0.05) is 22.6 Å². The van der Waals surface area contributed by atoms with E-state index in [0.717, 1.165) is 18.6 Å². The molecule has 2 rings (SSSR count). The molecule has 0 unspecified atom stereocenters. The van der Waals surface area contributed by atoms with E-state index in [1.54, 1.807) is 23.1 Å². The maximum Gasteiger partial charge on any atom is 0.230 e. The second kappa shape index (κ2) is 7.31. The van der Waals surface area contributed by atoms with E-state index in [4.69, 9.17) is 0 Å². The summed E-state index contributed by atoms with van der Waals surface area (Å²) in [5.74, 6) is 1.48. The normalized spacial score (nSPS) is 17.5. The molecule has 0 atom stereocenters. The Morgan fingerprint density at radius 3 is 2.89 bits per heavy atom. The maximum absolute atomic E-state index is 11.8. The van der Waals surface area contributed by atoms with Gasteiger partial charge in [0.2, 0.25) is 5.91 Å². The number of thiophene rings is 1. The maximum atomic E-state index is 11.8. The van der Waals surface area contributed by atoms with Crippen LogP contribution in [0.3, 0.4) is 0 Å². The fourth-order valence-electron chi connectivity index (χ4n) is 2.49. The number of hydrogen-bond acceptors (Lipinski definition) is 4. The summed E-state index contributed by atoms with van der Waals surface area (Å²) in [6.45, 7) is 0.817. The Hall–Kier alpha value is -0.520. The van der Waals surface area contributed by atoms with E-state index in [1.807, 2.05) is 6.07 Å². The molecule has 5 heteroatoms. The lowest BCUT2D eigenvalue weighted by molar-refractivity contribution is -0.119. The van der Waals surface area contributed by atoms with E-state index < -0.39 is 0 Å². The number of carbonyl (C=O) groups excluding carboxylic acids is 1. The second-order valence-electron chi connectivity index (χ2n) is 5.21. The first kappa shape index (κ1) is 14.9. The Balaban J connectivity index is 1.64.